The Morgan fingerprint density at radius 1 is 1.11 bits per heavy atom. The summed E-state index contributed by atoms with van der Waals surface area (Å²) in [6.07, 6.45) is 8.86. The van der Waals surface area contributed by atoms with Gasteiger partial charge in [-0.25, -0.2) is 22.2 Å². The van der Waals surface area contributed by atoms with Gasteiger partial charge in [-0.2, -0.15) is 9.61 Å². The van der Waals surface area contributed by atoms with Crippen molar-refractivity contribution in [2.45, 2.75) is 62.5 Å². The molecule has 3 aromatic heterocycles. The third-order valence-corrected chi connectivity index (χ3v) is 10.4. The van der Waals surface area contributed by atoms with E-state index in [9.17, 15) is 8.42 Å². The van der Waals surface area contributed by atoms with Crippen LogP contribution in [0.5, 0.6) is 0 Å². The Kier molecular flexibility index (Phi) is 8.64. The lowest BCUT2D eigenvalue weighted by molar-refractivity contribution is -0.0391. The average Bonchev–Trinajstić information content (AvgIpc) is 3.37. The van der Waals surface area contributed by atoms with Crippen molar-refractivity contribution in [3.8, 4) is 11.3 Å². The van der Waals surface area contributed by atoms with Gasteiger partial charge < -0.3 is 20.5 Å². The fraction of sp³-hybridized carbons (Fsp3) is 0.452. The Morgan fingerprint density at radius 2 is 1.86 bits per heavy atom. The molecule has 1 aliphatic heterocycles. The highest BCUT2D eigenvalue weighted by atomic mass is 32.2. The van der Waals surface area contributed by atoms with Crippen LogP contribution in [0.4, 0.5) is 20.4 Å². The maximum absolute atomic E-state index is 15.3. The van der Waals surface area contributed by atoms with Crippen LogP contribution < -0.4 is 11.1 Å². The predicted octanol–water partition coefficient (Wildman–Crippen LogP) is 4.76. The van der Waals surface area contributed by atoms with Gasteiger partial charge in [0.2, 0.25) is 5.95 Å². The molecule has 0 bridgehead atoms. The molecule has 1 aromatic carbocycles. The number of rotatable bonds is 8. The summed E-state index contributed by atoms with van der Waals surface area (Å²) in [6.45, 7) is 3.26. The molecule has 4 aromatic rings. The van der Waals surface area contributed by atoms with Crippen molar-refractivity contribution in [3.05, 3.63) is 71.7 Å². The molecule has 0 spiro atoms. The molecule has 4 atom stereocenters. The number of nitrogens with zero attached hydrogens (tertiary/aromatic N) is 4. The number of aromatic nitrogens is 4. The number of ether oxygens (including phenoxy) is 2. The number of imidazole rings is 1. The molecule has 0 radical (unpaired) electrons. The van der Waals surface area contributed by atoms with Gasteiger partial charge in [-0.3, -0.25) is 4.98 Å². The summed E-state index contributed by atoms with van der Waals surface area (Å²) >= 11 is 0. The molecule has 4 heterocycles. The number of sulfone groups is 1. The first-order chi connectivity index (χ1) is 21.1. The highest BCUT2D eigenvalue weighted by molar-refractivity contribution is 7.91. The van der Waals surface area contributed by atoms with Gasteiger partial charge >= 0.3 is 0 Å². The number of fused-ring (bicyclic) bond motifs is 1. The summed E-state index contributed by atoms with van der Waals surface area (Å²) in [7, 11) is -3.29. The summed E-state index contributed by atoms with van der Waals surface area (Å²) in [4.78, 5) is 8.73. The minimum absolute atomic E-state index is 0.00428. The zero-order chi connectivity index (χ0) is 31.0. The van der Waals surface area contributed by atoms with E-state index in [-0.39, 0.29) is 35.8 Å². The van der Waals surface area contributed by atoms with E-state index in [1.165, 1.54) is 22.9 Å². The second-order valence-corrected chi connectivity index (χ2v) is 14.1. The maximum Gasteiger partial charge on any atom is 0.229 e. The van der Waals surface area contributed by atoms with Crippen LogP contribution in [0.1, 0.15) is 49.7 Å². The monoisotopic (exact) mass is 626 g/mol. The van der Waals surface area contributed by atoms with Crippen molar-refractivity contribution in [3.63, 3.8) is 0 Å². The largest absolute Gasteiger partial charge is 0.381 e. The van der Waals surface area contributed by atoms with Crippen LogP contribution in [-0.2, 0) is 25.9 Å². The van der Waals surface area contributed by atoms with Gasteiger partial charge in [0.25, 0.3) is 0 Å². The molecule has 3 N–H and O–H groups in total. The predicted molar refractivity (Wildman–Crippen MR) is 162 cm³/mol. The van der Waals surface area contributed by atoms with Gasteiger partial charge in [0.15, 0.2) is 9.84 Å². The molecule has 6 rings (SSSR count). The lowest BCUT2D eigenvalue weighted by Crippen LogP contribution is -2.48. The Morgan fingerprint density at radius 3 is 2.57 bits per heavy atom. The molecule has 13 heteroatoms. The Balaban J connectivity index is 1.25. The van der Waals surface area contributed by atoms with Gasteiger partial charge in [0, 0.05) is 31.7 Å². The van der Waals surface area contributed by atoms with Crippen LogP contribution in [0.3, 0.4) is 0 Å². The summed E-state index contributed by atoms with van der Waals surface area (Å²) in [5.41, 5.74) is 8.87. The number of anilines is 2. The van der Waals surface area contributed by atoms with E-state index in [0.717, 1.165) is 18.4 Å². The summed E-state index contributed by atoms with van der Waals surface area (Å²) in [5.74, 6) is -1.26. The minimum atomic E-state index is -3.29. The molecule has 1 aliphatic carbocycles. The number of halogens is 2. The van der Waals surface area contributed by atoms with E-state index in [1.54, 1.807) is 30.7 Å². The molecule has 44 heavy (non-hydrogen) atoms. The van der Waals surface area contributed by atoms with Gasteiger partial charge in [0.1, 0.15) is 11.6 Å². The van der Waals surface area contributed by atoms with E-state index in [2.05, 4.69) is 20.4 Å². The number of hydrogen-bond donors (Lipinski definition) is 2. The average molecular weight is 627 g/mol. The second-order valence-electron chi connectivity index (χ2n) is 11.9. The van der Waals surface area contributed by atoms with Crippen molar-refractivity contribution in [1.29, 1.82) is 0 Å². The highest BCUT2D eigenvalue weighted by Gasteiger charge is 2.40. The van der Waals surface area contributed by atoms with Crippen LogP contribution in [0, 0.1) is 17.6 Å². The number of nitrogens with one attached hydrogen (secondary N) is 1. The Bertz CT molecular complexity index is 1730. The molecule has 1 saturated carbocycles. The summed E-state index contributed by atoms with van der Waals surface area (Å²) < 4.78 is 68.0. The fourth-order valence-electron chi connectivity index (χ4n) is 6.66. The van der Waals surface area contributed by atoms with Crippen molar-refractivity contribution in [1.82, 2.24) is 19.6 Å². The van der Waals surface area contributed by atoms with Crippen LogP contribution in [-0.4, -0.2) is 64.9 Å². The summed E-state index contributed by atoms with van der Waals surface area (Å²) in [5, 5.41) is 7.23. The topological polar surface area (TPSA) is 134 Å². The van der Waals surface area contributed by atoms with Crippen LogP contribution in [0.2, 0.25) is 0 Å². The van der Waals surface area contributed by atoms with Crippen LogP contribution in [0.15, 0.2) is 48.9 Å². The zero-order valence-corrected chi connectivity index (χ0v) is 25.4. The first kappa shape index (κ1) is 30.5. The van der Waals surface area contributed by atoms with Crippen molar-refractivity contribution >= 4 is 27.0 Å². The molecule has 0 unspecified atom stereocenters. The molecule has 2 aliphatic rings. The van der Waals surface area contributed by atoms with Crippen molar-refractivity contribution in [2.24, 2.45) is 11.7 Å². The number of nitrogens with two attached hydrogens (primary N) is 1. The quantitative estimate of drug-likeness (QED) is 0.284. The Labute approximate surface area is 254 Å². The molecule has 234 valence electrons. The first-order valence-electron chi connectivity index (χ1n) is 14.8. The molecule has 0 amide bonds. The van der Waals surface area contributed by atoms with E-state index < -0.39 is 32.8 Å². The van der Waals surface area contributed by atoms with Gasteiger partial charge in [-0.15, -0.1) is 0 Å². The number of hydrogen-bond acceptors (Lipinski definition) is 9. The third kappa shape index (κ3) is 6.32. The molecular formula is C31H36F2N6O4S. The van der Waals surface area contributed by atoms with Crippen molar-refractivity contribution < 1.29 is 26.7 Å². The standard InChI is InChI=1S/C31H36F2N6O4S/c1-18-11-20(14-26(34)30(18)44(2,40)41)23-5-8-35-16-28(23)37-31-36-15-21-3-4-27(38-39(21)31)29-24(32)12-19(13-25(29)33)17-43-22-6-9-42-10-7-22/h3-5,8,12-13,15-16,18,20,22,26,30H,6-7,9-11,14,17,34H2,1-2H3,(H,36,37)/t18-,20+,26+,30-/m0/s1. The number of pyridine rings is 1. The maximum atomic E-state index is 15.3. The van der Waals surface area contributed by atoms with Crippen LogP contribution >= 0.6 is 0 Å². The summed E-state index contributed by atoms with van der Waals surface area (Å²) in [6, 6.07) is 7.20. The second kappa shape index (κ2) is 12.5. The Hall–Kier alpha value is -3.52. The van der Waals surface area contributed by atoms with Crippen molar-refractivity contribution in [2.75, 3.05) is 24.8 Å². The third-order valence-electron chi connectivity index (χ3n) is 8.63. The SMILES string of the molecule is C[C@H]1C[C@@H](c2ccncc2Nc2ncc3ccc(-c4c(F)cc(COC5CCOCC5)cc4F)nn23)C[C@@H](N)[C@H]1S(C)(=O)=O. The van der Waals surface area contributed by atoms with E-state index in [1.807, 2.05) is 13.0 Å². The van der Waals surface area contributed by atoms with E-state index in [0.29, 0.717) is 48.8 Å². The highest BCUT2D eigenvalue weighted by Crippen LogP contribution is 2.41. The molecular weight excluding hydrogens is 590 g/mol. The lowest BCUT2D eigenvalue weighted by atomic mass is 9.76. The van der Waals surface area contributed by atoms with Gasteiger partial charge in [-0.05, 0) is 79.0 Å². The molecule has 2 fully saturated rings. The van der Waals surface area contributed by atoms with Crippen LogP contribution in [0.25, 0.3) is 16.8 Å². The van der Waals surface area contributed by atoms with E-state index >= 15 is 8.78 Å². The first-order valence-corrected chi connectivity index (χ1v) is 16.7. The smallest absolute Gasteiger partial charge is 0.229 e. The lowest BCUT2D eigenvalue weighted by Gasteiger charge is -2.38. The van der Waals surface area contributed by atoms with Gasteiger partial charge in [-0.1, -0.05) is 6.92 Å². The molecule has 1 saturated heterocycles. The molecule has 10 nitrogen and oxygen atoms in total. The van der Waals surface area contributed by atoms with E-state index in [4.69, 9.17) is 15.2 Å². The normalized spacial score (nSPS) is 23.2. The number of benzene rings is 1. The minimum Gasteiger partial charge on any atom is -0.381 e. The zero-order valence-electron chi connectivity index (χ0n) is 24.6. The van der Waals surface area contributed by atoms with Gasteiger partial charge in [0.05, 0.1) is 52.8 Å². The fourth-order valence-corrected chi connectivity index (χ4v) is 8.36.